The minimum absolute atomic E-state index is 0.0585. The molecule has 2 rings (SSSR count). The molecule has 0 atom stereocenters. The summed E-state index contributed by atoms with van der Waals surface area (Å²) < 4.78 is 31.3. The monoisotopic (exact) mass is 348 g/mol. The highest BCUT2D eigenvalue weighted by Gasteiger charge is 2.26. The summed E-state index contributed by atoms with van der Waals surface area (Å²) in [5.74, 6) is -1.43. The Bertz CT molecular complexity index is 595. The fraction of sp³-hybridized carbons (Fsp3) is 0.364. The normalized spacial score (nSPS) is 17.3. The molecule has 0 bridgehead atoms. The SMILES string of the molecule is O=C([O-])c1cc(S(=O)(=O)N2CCOCC2)ccc1Br. The maximum atomic E-state index is 12.3. The number of carboxylic acids is 1. The van der Waals surface area contributed by atoms with Crippen molar-refractivity contribution in [1.29, 1.82) is 0 Å². The summed E-state index contributed by atoms with van der Waals surface area (Å²) in [6.45, 7) is 1.20. The summed E-state index contributed by atoms with van der Waals surface area (Å²) in [4.78, 5) is 10.8. The molecule has 1 heterocycles. The van der Waals surface area contributed by atoms with Gasteiger partial charge in [-0.25, -0.2) is 8.42 Å². The lowest BCUT2D eigenvalue weighted by Gasteiger charge is -2.26. The number of ether oxygens (including phenoxy) is 1. The van der Waals surface area contributed by atoms with Crippen LogP contribution >= 0.6 is 15.9 Å². The molecule has 1 aromatic rings. The number of nitrogens with zero attached hydrogens (tertiary/aromatic N) is 1. The lowest BCUT2D eigenvalue weighted by Crippen LogP contribution is -2.40. The number of benzene rings is 1. The largest absolute Gasteiger partial charge is 0.545 e. The van der Waals surface area contributed by atoms with Crippen LogP contribution in [0.25, 0.3) is 0 Å². The number of carbonyl (C=O) groups excluding carboxylic acids is 1. The van der Waals surface area contributed by atoms with Crippen molar-refractivity contribution in [3.63, 3.8) is 0 Å². The molecular formula is C11H11BrNO5S-. The van der Waals surface area contributed by atoms with E-state index in [1.165, 1.54) is 16.4 Å². The van der Waals surface area contributed by atoms with Gasteiger partial charge in [0.25, 0.3) is 0 Å². The van der Waals surface area contributed by atoms with E-state index in [-0.39, 0.29) is 28.0 Å². The molecule has 0 saturated carbocycles. The molecule has 0 N–H and O–H groups in total. The second kappa shape index (κ2) is 5.58. The van der Waals surface area contributed by atoms with E-state index in [1.807, 2.05) is 0 Å². The zero-order valence-corrected chi connectivity index (χ0v) is 12.2. The summed E-state index contributed by atoms with van der Waals surface area (Å²) in [6, 6.07) is 3.85. The van der Waals surface area contributed by atoms with Crippen molar-refractivity contribution in [2.45, 2.75) is 4.90 Å². The highest BCUT2D eigenvalue weighted by Crippen LogP contribution is 2.23. The third-order valence-corrected chi connectivity index (χ3v) is 5.35. The molecule has 1 aromatic carbocycles. The molecule has 1 fully saturated rings. The predicted molar refractivity (Wildman–Crippen MR) is 68.1 cm³/mol. The Kier molecular flexibility index (Phi) is 4.24. The van der Waals surface area contributed by atoms with Crippen molar-refractivity contribution in [3.8, 4) is 0 Å². The zero-order chi connectivity index (χ0) is 14.0. The third kappa shape index (κ3) is 2.97. The Morgan fingerprint density at radius 1 is 1.32 bits per heavy atom. The van der Waals surface area contributed by atoms with Crippen LogP contribution in [-0.2, 0) is 14.8 Å². The van der Waals surface area contributed by atoms with Crippen LogP contribution in [0.5, 0.6) is 0 Å². The molecule has 1 aliphatic heterocycles. The van der Waals surface area contributed by atoms with E-state index in [1.54, 1.807) is 0 Å². The van der Waals surface area contributed by atoms with E-state index in [4.69, 9.17) is 4.74 Å². The number of morpholine rings is 1. The quantitative estimate of drug-likeness (QED) is 0.757. The molecule has 0 aliphatic carbocycles. The summed E-state index contributed by atoms with van der Waals surface area (Å²) in [5, 5.41) is 10.9. The topological polar surface area (TPSA) is 86.7 Å². The first kappa shape index (κ1) is 14.4. The van der Waals surface area contributed by atoms with E-state index in [9.17, 15) is 18.3 Å². The average Bonchev–Trinajstić information content (AvgIpc) is 2.39. The Morgan fingerprint density at radius 2 is 1.95 bits per heavy atom. The third-order valence-electron chi connectivity index (χ3n) is 2.77. The van der Waals surface area contributed by atoms with E-state index in [0.29, 0.717) is 13.2 Å². The van der Waals surface area contributed by atoms with Crippen molar-refractivity contribution < 1.29 is 23.1 Å². The highest BCUT2D eigenvalue weighted by molar-refractivity contribution is 9.10. The van der Waals surface area contributed by atoms with Gasteiger partial charge in [0.15, 0.2) is 0 Å². The molecule has 6 nitrogen and oxygen atoms in total. The van der Waals surface area contributed by atoms with Gasteiger partial charge in [0.05, 0.1) is 24.1 Å². The molecule has 0 amide bonds. The van der Waals surface area contributed by atoms with Crippen LogP contribution in [0.1, 0.15) is 10.4 Å². The van der Waals surface area contributed by atoms with E-state index >= 15 is 0 Å². The molecule has 1 aliphatic rings. The van der Waals surface area contributed by atoms with Crippen molar-refractivity contribution in [2.75, 3.05) is 26.3 Å². The molecule has 0 radical (unpaired) electrons. The molecular weight excluding hydrogens is 338 g/mol. The number of halogens is 1. The summed E-state index contributed by atoms with van der Waals surface area (Å²) in [7, 11) is -3.69. The van der Waals surface area contributed by atoms with Gasteiger partial charge in [0, 0.05) is 23.1 Å². The van der Waals surface area contributed by atoms with E-state index in [2.05, 4.69) is 15.9 Å². The van der Waals surface area contributed by atoms with Crippen molar-refractivity contribution in [1.82, 2.24) is 4.31 Å². The van der Waals surface area contributed by atoms with Gasteiger partial charge < -0.3 is 14.6 Å². The summed E-state index contributed by atoms with van der Waals surface area (Å²) >= 11 is 3.04. The fourth-order valence-electron chi connectivity index (χ4n) is 1.76. The Hall–Kier alpha value is -0.960. The van der Waals surface area contributed by atoms with Gasteiger partial charge in [-0.05, 0) is 18.2 Å². The summed E-state index contributed by atoms with van der Waals surface area (Å²) in [5.41, 5.74) is -0.186. The smallest absolute Gasteiger partial charge is 0.243 e. The van der Waals surface area contributed by atoms with Gasteiger partial charge in [-0.3, -0.25) is 0 Å². The second-order valence-corrected chi connectivity index (χ2v) is 6.74. The van der Waals surface area contributed by atoms with Gasteiger partial charge in [-0.1, -0.05) is 15.9 Å². The number of rotatable bonds is 3. The first-order valence-corrected chi connectivity index (χ1v) is 7.75. The van der Waals surface area contributed by atoms with E-state index in [0.717, 1.165) is 6.07 Å². The molecule has 1 saturated heterocycles. The van der Waals surface area contributed by atoms with Gasteiger partial charge in [-0.2, -0.15) is 4.31 Å². The number of carboxylic acid groups (broad SMARTS) is 1. The molecule has 8 heteroatoms. The number of aromatic carboxylic acids is 1. The van der Waals surface area contributed by atoms with Crippen molar-refractivity contribution in [2.24, 2.45) is 0 Å². The lowest BCUT2D eigenvalue weighted by atomic mass is 10.2. The van der Waals surface area contributed by atoms with Crippen LogP contribution in [0.15, 0.2) is 27.6 Å². The molecule has 0 aromatic heterocycles. The van der Waals surface area contributed by atoms with Crippen LogP contribution in [0, 0.1) is 0 Å². The maximum absolute atomic E-state index is 12.3. The Balaban J connectivity index is 2.40. The number of hydrogen-bond donors (Lipinski definition) is 0. The van der Waals surface area contributed by atoms with Crippen LogP contribution in [-0.4, -0.2) is 45.0 Å². The first-order valence-electron chi connectivity index (χ1n) is 5.52. The minimum atomic E-state index is -3.69. The van der Waals surface area contributed by atoms with Crippen molar-refractivity contribution in [3.05, 3.63) is 28.2 Å². The second-order valence-electron chi connectivity index (χ2n) is 3.95. The zero-order valence-electron chi connectivity index (χ0n) is 9.84. The van der Waals surface area contributed by atoms with Crippen LogP contribution < -0.4 is 5.11 Å². The fourth-order valence-corrected chi connectivity index (χ4v) is 3.60. The number of sulfonamides is 1. The standard InChI is InChI=1S/C11H12BrNO5S/c12-10-2-1-8(7-9(10)11(14)15)19(16,17)13-3-5-18-6-4-13/h1-2,7H,3-6H2,(H,14,15)/p-1. The predicted octanol–water partition coefficient (Wildman–Crippen LogP) is -0.166. The summed E-state index contributed by atoms with van der Waals surface area (Å²) in [6.07, 6.45) is 0. The number of carbonyl (C=O) groups is 1. The van der Waals surface area contributed by atoms with Gasteiger partial charge in [0.2, 0.25) is 10.0 Å². The average molecular weight is 349 g/mol. The highest BCUT2D eigenvalue weighted by atomic mass is 79.9. The Morgan fingerprint density at radius 3 is 2.53 bits per heavy atom. The molecule has 0 unspecified atom stereocenters. The van der Waals surface area contributed by atoms with Crippen LogP contribution in [0.2, 0.25) is 0 Å². The van der Waals surface area contributed by atoms with Crippen LogP contribution in [0.3, 0.4) is 0 Å². The molecule has 0 spiro atoms. The molecule has 19 heavy (non-hydrogen) atoms. The lowest BCUT2D eigenvalue weighted by molar-refractivity contribution is -0.255. The van der Waals surface area contributed by atoms with Crippen LogP contribution in [0.4, 0.5) is 0 Å². The van der Waals surface area contributed by atoms with Gasteiger partial charge in [-0.15, -0.1) is 0 Å². The Labute approximate surface area is 119 Å². The van der Waals surface area contributed by atoms with Crippen molar-refractivity contribution >= 4 is 31.9 Å². The molecule has 104 valence electrons. The van der Waals surface area contributed by atoms with Gasteiger partial charge in [0.1, 0.15) is 0 Å². The number of hydrogen-bond acceptors (Lipinski definition) is 5. The first-order chi connectivity index (χ1) is 8.93. The van der Waals surface area contributed by atoms with Gasteiger partial charge >= 0.3 is 0 Å². The van der Waals surface area contributed by atoms with E-state index < -0.39 is 16.0 Å². The maximum Gasteiger partial charge on any atom is 0.243 e. The minimum Gasteiger partial charge on any atom is -0.545 e.